The molecule has 0 unspecified atom stereocenters. The molecule has 0 N–H and O–H groups in total. The number of hydrogen-bond donors (Lipinski definition) is 0. The van der Waals surface area contributed by atoms with Crippen molar-refractivity contribution >= 4 is 22.7 Å². The highest BCUT2D eigenvalue weighted by molar-refractivity contribution is 7.98. The van der Waals surface area contributed by atoms with Crippen LogP contribution in [-0.2, 0) is 5.88 Å². The van der Waals surface area contributed by atoms with Gasteiger partial charge in [0.05, 0.1) is 28.8 Å². The summed E-state index contributed by atoms with van der Waals surface area (Å²) in [5.41, 5.74) is 1.59. The van der Waals surface area contributed by atoms with Crippen LogP contribution in [0.15, 0.2) is 77.2 Å². The van der Waals surface area contributed by atoms with Crippen LogP contribution in [0, 0.1) is 0 Å². The van der Waals surface area contributed by atoms with Crippen LogP contribution in [-0.4, -0.2) is 24.3 Å². The lowest BCUT2D eigenvalue weighted by Crippen LogP contribution is -2.19. The van der Waals surface area contributed by atoms with Gasteiger partial charge in [-0.05, 0) is 24.3 Å². The van der Waals surface area contributed by atoms with Crippen molar-refractivity contribution in [3.8, 4) is 5.69 Å². The SMILES string of the molecule is O=c1c2ccccc2ncn1CSc1ncn(-c2ccccc2)n1. The number of para-hydroxylation sites is 2. The zero-order valence-electron chi connectivity index (χ0n) is 12.6. The van der Waals surface area contributed by atoms with E-state index in [9.17, 15) is 4.79 Å². The van der Waals surface area contributed by atoms with Gasteiger partial charge in [0.15, 0.2) is 0 Å². The third-order valence-corrected chi connectivity index (χ3v) is 4.41. The number of nitrogens with zero attached hydrogens (tertiary/aromatic N) is 5. The molecule has 0 aliphatic rings. The van der Waals surface area contributed by atoms with Gasteiger partial charge in [-0.25, -0.2) is 14.6 Å². The standard InChI is InChI=1S/C17H13N5OS/c23-16-14-8-4-5-9-15(14)18-10-21(16)12-24-17-19-11-22(20-17)13-6-2-1-3-7-13/h1-11H,12H2. The van der Waals surface area contributed by atoms with Gasteiger partial charge in [-0.1, -0.05) is 42.1 Å². The van der Waals surface area contributed by atoms with E-state index in [1.54, 1.807) is 28.0 Å². The lowest BCUT2D eigenvalue weighted by molar-refractivity contribution is 0.806. The van der Waals surface area contributed by atoms with Crippen LogP contribution in [0.3, 0.4) is 0 Å². The Morgan fingerprint density at radius 1 is 0.917 bits per heavy atom. The highest BCUT2D eigenvalue weighted by Gasteiger charge is 2.07. The Bertz CT molecular complexity index is 1040. The van der Waals surface area contributed by atoms with E-state index in [-0.39, 0.29) is 5.56 Å². The largest absolute Gasteiger partial charge is 0.288 e. The maximum atomic E-state index is 12.4. The van der Waals surface area contributed by atoms with Crippen molar-refractivity contribution in [2.24, 2.45) is 0 Å². The molecule has 24 heavy (non-hydrogen) atoms. The number of fused-ring (bicyclic) bond motifs is 1. The summed E-state index contributed by atoms with van der Waals surface area (Å²) < 4.78 is 3.28. The molecule has 0 saturated carbocycles. The van der Waals surface area contributed by atoms with E-state index >= 15 is 0 Å². The van der Waals surface area contributed by atoms with Gasteiger partial charge in [0.25, 0.3) is 5.56 Å². The zero-order valence-corrected chi connectivity index (χ0v) is 13.4. The molecule has 118 valence electrons. The Balaban J connectivity index is 1.55. The van der Waals surface area contributed by atoms with Crippen molar-refractivity contribution in [3.63, 3.8) is 0 Å². The molecule has 7 heteroatoms. The average Bonchev–Trinajstić information content (AvgIpc) is 3.11. The molecule has 0 aliphatic heterocycles. The maximum absolute atomic E-state index is 12.4. The molecule has 6 nitrogen and oxygen atoms in total. The van der Waals surface area contributed by atoms with E-state index in [1.165, 1.54) is 11.8 Å². The summed E-state index contributed by atoms with van der Waals surface area (Å²) in [7, 11) is 0. The van der Waals surface area contributed by atoms with E-state index in [0.717, 1.165) is 5.69 Å². The minimum absolute atomic E-state index is 0.0596. The minimum atomic E-state index is -0.0596. The highest BCUT2D eigenvalue weighted by Crippen LogP contribution is 2.16. The van der Waals surface area contributed by atoms with Gasteiger partial charge in [-0.15, -0.1) is 5.10 Å². The van der Waals surface area contributed by atoms with Crippen LogP contribution in [0.4, 0.5) is 0 Å². The predicted octanol–water partition coefficient (Wildman–Crippen LogP) is 2.73. The van der Waals surface area contributed by atoms with Crippen LogP contribution in [0.2, 0.25) is 0 Å². The van der Waals surface area contributed by atoms with Gasteiger partial charge in [0, 0.05) is 0 Å². The number of thioether (sulfide) groups is 1. The topological polar surface area (TPSA) is 65.6 Å². The first kappa shape index (κ1) is 14.6. The van der Waals surface area contributed by atoms with Crippen molar-refractivity contribution in [1.29, 1.82) is 0 Å². The van der Waals surface area contributed by atoms with E-state index in [1.807, 2.05) is 48.5 Å². The fourth-order valence-electron chi connectivity index (χ4n) is 2.34. The minimum Gasteiger partial charge on any atom is -0.288 e. The summed E-state index contributed by atoms with van der Waals surface area (Å²) in [6.45, 7) is 0. The zero-order chi connectivity index (χ0) is 16.4. The molecule has 0 bridgehead atoms. The summed E-state index contributed by atoms with van der Waals surface area (Å²) in [6, 6.07) is 17.1. The summed E-state index contributed by atoms with van der Waals surface area (Å²) in [4.78, 5) is 21.0. The number of rotatable bonds is 4. The smallest absolute Gasteiger partial charge is 0.261 e. The molecule has 0 radical (unpaired) electrons. The van der Waals surface area contributed by atoms with Crippen LogP contribution in [0.25, 0.3) is 16.6 Å². The van der Waals surface area contributed by atoms with Gasteiger partial charge in [0.2, 0.25) is 5.16 Å². The second-order valence-electron chi connectivity index (χ2n) is 5.12. The molecule has 0 fully saturated rings. The number of benzene rings is 2. The van der Waals surface area contributed by atoms with E-state index < -0.39 is 0 Å². The van der Waals surface area contributed by atoms with E-state index in [0.29, 0.717) is 21.9 Å². The number of aromatic nitrogens is 5. The summed E-state index contributed by atoms with van der Waals surface area (Å²) >= 11 is 1.39. The van der Waals surface area contributed by atoms with Gasteiger partial charge >= 0.3 is 0 Å². The summed E-state index contributed by atoms with van der Waals surface area (Å²) in [5, 5.41) is 5.64. The summed E-state index contributed by atoms with van der Waals surface area (Å²) in [5.74, 6) is 0.412. The van der Waals surface area contributed by atoms with Gasteiger partial charge in [-0.3, -0.25) is 9.36 Å². The molecule has 0 aliphatic carbocycles. The van der Waals surface area contributed by atoms with Crippen molar-refractivity contribution in [3.05, 3.63) is 77.6 Å². The fourth-order valence-corrected chi connectivity index (χ4v) is 3.05. The molecule has 0 spiro atoms. The average molecular weight is 335 g/mol. The maximum Gasteiger partial charge on any atom is 0.261 e. The third-order valence-electron chi connectivity index (χ3n) is 3.56. The van der Waals surface area contributed by atoms with E-state index in [4.69, 9.17) is 0 Å². The third kappa shape index (κ3) is 2.81. The molecule has 2 aromatic heterocycles. The van der Waals surface area contributed by atoms with Gasteiger partial charge < -0.3 is 0 Å². The van der Waals surface area contributed by atoms with Crippen molar-refractivity contribution in [1.82, 2.24) is 24.3 Å². The lowest BCUT2D eigenvalue weighted by atomic mass is 10.2. The molecule has 2 heterocycles. The second-order valence-corrected chi connectivity index (χ2v) is 6.03. The Kier molecular flexibility index (Phi) is 3.84. The highest BCUT2D eigenvalue weighted by atomic mass is 32.2. The van der Waals surface area contributed by atoms with Crippen LogP contribution in [0.5, 0.6) is 0 Å². The van der Waals surface area contributed by atoms with Crippen molar-refractivity contribution in [2.75, 3.05) is 0 Å². The van der Waals surface area contributed by atoms with E-state index in [2.05, 4.69) is 15.1 Å². The number of hydrogen-bond acceptors (Lipinski definition) is 5. The Morgan fingerprint density at radius 2 is 1.71 bits per heavy atom. The van der Waals surface area contributed by atoms with Gasteiger partial charge in [0.1, 0.15) is 6.33 Å². The Morgan fingerprint density at radius 3 is 2.58 bits per heavy atom. The van der Waals surface area contributed by atoms with Crippen LogP contribution >= 0.6 is 11.8 Å². The predicted molar refractivity (Wildman–Crippen MR) is 93.2 cm³/mol. The quantitative estimate of drug-likeness (QED) is 0.537. The fraction of sp³-hybridized carbons (Fsp3) is 0.0588. The second kappa shape index (κ2) is 6.29. The van der Waals surface area contributed by atoms with Crippen LogP contribution < -0.4 is 5.56 Å². The van der Waals surface area contributed by atoms with Crippen molar-refractivity contribution < 1.29 is 0 Å². The molecular formula is C17H13N5OS. The molecule has 0 amide bonds. The molecule has 4 aromatic rings. The summed E-state index contributed by atoms with van der Waals surface area (Å²) in [6.07, 6.45) is 3.23. The monoisotopic (exact) mass is 335 g/mol. The normalized spacial score (nSPS) is 11.0. The molecule has 0 saturated heterocycles. The lowest BCUT2D eigenvalue weighted by Gasteiger charge is -2.04. The first-order chi connectivity index (χ1) is 11.8. The first-order valence-corrected chi connectivity index (χ1v) is 8.34. The first-order valence-electron chi connectivity index (χ1n) is 7.35. The van der Waals surface area contributed by atoms with Gasteiger partial charge in [-0.2, -0.15) is 0 Å². The van der Waals surface area contributed by atoms with Crippen molar-refractivity contribution in [2.45, 2.75) is 11.0 Å². The molecule has 0 atom stereocenters. The molecule has 2 aromatic carbocycles. The van der Waals surface area contributed by atoms with Crippen LogP contribution in [0.1, 0.15) is 0 Å². The Hall–Kier alpha value is -2.93. The Labute approximate surface area is 141 Å². The molecular weight excluding hydrogens is 322 g/mol. The molecule has 4 rings (SSSR count).